The second kappa shape index (κ2) is 6.26. The number of nitrogens with zero attached hydrogens (tertiary/aromatic N) is 1. The zero-order valence-electron chi connectivity index (χ0n) is 12.3. The van der Waals surface area contributed by atoms with Gasteiger partial charge in [-0.05, 0) is 43.2 Å². The lowest BCUT2D eigenvalue weighted by Crippen LogP contribution is -2.07. The molecule has 0 spiro atoms. The molecule has 0 fully saturated rings. The molecule has 5 nitrogen and oxygen atoms in total. The molecule has 2 rings (SSSR count). The maximum absolute atomic E-state index is 10.9. The van der Waals surface area contributed by atoms with Crippen LogP contribution in [-0.2, 0) is 0 Å². The number of hydrogen-bond donors (Lipinski definition) is 1. The number of ether oxygens (including phenoxy) is 1. The van der Waals surface area contributed by atoms with Crippen LogP contribution in [0.3, 0.4) is 0 Å². The number of rotatable bonds is 5. The van der Waals surface area contributed by atoms with Gasteiger partial charge in [-0.15, -0.1) is 0 Å². The molecule has 0 radical (unpaired) electrons. The maximum atomic E-state index is 10.9. The third-order valence-electron chi connectivity index (χ3n) is 3.27. The molecule has 5 heteroatoms. The first-order valence-electron chi connectivity index (χ1n) is 6.66. The Kier molecular flexibility index (Phi) is 4.42. The van der Waals surface area contributed by atoms with Gasteiger partial charge < -0.3 is 10.1 Å². The van der Waals surface area contributed by atoms with Crippen LogP contribution in [-0.4, -0.2) is 12.0 Å². The highest BCUT2D eigenvalue weighted by Crippen LogP contribution is 2.25. The number of nitro groups is 1. The van der Waals surface area contributed by atoms with Crippen LogP contribution in [0.15, 0.2) is 42.5 Å². The van der Waals surface area contributed by atoms with Gasteiger partial charge in [-0.25, -0.2) is 0 Å². The predicted octanol–water partition coefficient (Wildman–Crippen LogP) is 4.08. The SMILES string of the molecule is COc1ccc(C(C)Nc2cc(C)cc([N+](=O)[O-])c2)cc1. The van der Waals surface area contributed by atoms with Gasteiger partial charge in [0, 0.05) is 23.9 Å². The number of benzene rings is 2. The van der Waals surface area contributed by atoms with Crippen molar-refractivity contribution >= 4 is 11.4 Å². The van der Waals surface area contributed by atoms with Gasteiger partial charge in [0.25, 0.3) is 5.69 Å². The topological polar surface area (TPSA) is 64.4 Å². The smallest absolute Gasteiger partial charge is 0.271 e. The maximum Gasteiger partial charge on any atom is 0.271 e. The lowest BCUT2D eigenvalue weighted by Gasteiger charge is -2.16. The van der Waals surface area contributed by atoms with Crippen LogP contribution >= 0.6 is 0 Å². The lowest BCUT2D eigenvalue weighted by molar-refractivity contribution is -0.384. The van der Waals surface area contributed by atoms with E-state index in [1.807, 2.05) is 44.2 Å². The van der Waals surface area contributed by atoms with Crippen molar-refractivity contribution < 1.29 is 9.66 Å². The fraction of sp³-hybridized carbons (Fsp3) is 0.250. The number of anilines is 1. The largest absolute Gasteiger partial charge is 0.497 e. The third-order valence-corrected chi connectivity index (χ3v) is 3.27. The molecule has 0 aliphatic heterocycles. The minimum absolute atomic E-state index is 0.0392. The first-order valence-corrected chi connectivity index (χ1v) is 6.66. The summed E-state index contributed by atoms with van der Waals surface area (Å²) in [4.78, 5) is 10.5. The first-order chi connectivity index (χ1) is 9.99. The molecular weight excluding hydrogens is 268 g/mol. The summed E-state index contributed by atoms with van der Waals surface area (Å²) in [7, 11) is 1.63. The molecule has 2 aromatic carbocycles. The molecular formula is C16H18N2O3. The van der Waals surface area contributed by atoms with Gasteiger partial charge in [0.05, 0.1) is 12.0 Å². The number of nitro benzene ring substituents is 1. The summed E-state index contributed by atoms with van der Waals surface area (Å²) in [5.74, 6) is 0.803. The number of hydrogen-bond acceptors (Lipinski definition) is 4. The average Bonchev–Trinajstić information content (AvgIpc) is 2.46. The summed E-state index contributed by atoms with van der Waals surface area (Å²) in [6.45, 7) is 3.85. The standard InChI is InChI=1S/C16H18N2O3/c1-11-8-14(10-15(9-11)18(19)20)17-12(2)13-4-6-16(21-3)7-5-13/h4-10,12,17H,1-3H3. The quantitative estimate of drug-likeness (QED) is 0.664. The average molecular weight is 286 g/mol. The van der Waals surface area contributed by atoms with Crippen LogP contribution in [0.2, 0.25) is 0 Å². The van der Waals surface area contributed by atoms with Crippen LogP contribution in [0, 0.1) is 17.0 Å². The molecule has 0 bridgehead atoms. The molecule has 1 N–H and O–H groups in total. The monoisotopic (exact) mass is 286 g/mol. The van der Waals surface area contributed by atoms with E-state index in [9.17, 15) is 10.1 Å². The Bertz CT molecular complexity index is 638. The van der Waals surface area contributed by atoms with Crippen molar-refractivity contribution in [1.82, 2.24) is 0 Å². The molecule has 1 atom stereocenters. The Labute approximate surface area is 123 Å². The summed E-state index contributed by atoms with van der Waals surface area (Å²) in [5, 5.41) is 14.2. The minimum atomic E-state index is -0.379. The Morgan fingerprint density at radius 1 is 1.19 bits per heavy atom. The molecule has 0 aliphatic carbocycles. The van der Waals surface area contributed by atoms with E-state index in [-0.39, 0.29) is 16.7 Å². The fourth-order valence-electron chi connectivity index (χ4n) is 2.18. The number of methoxy groups -OCH3 is 1. The van der Waals surface area contributed by atoms with Crippen LogP contribution < -0.4 is 10.1 Å². The zero-order chi connectivity index (χ0) is 15.4. The Balaban J connectivity index is 2.18. The van der Waals surface area contributed by atoms with Crippen molar-refractivity contribution in [3.8, 4) is 5.75 Å². The molecule has 0 saturated carbocycles. The molecule has 0 amide bonds. The molecule has 110 valence electrons. The summed E-state index contributed by atoms with van der Waals surface area (Å²) >= 11 is 0. The molecule has 0 aliphatic rings. The zero-order valence-corrected chi connectivity index (χ0v) is 12.3. The predicted molar refractivity (Wildman–Crippen MR) is 82.9 cm³/mol. The van der Waals surface area contributed by atoms with Gasteiger partial charge in [-0.1, -0.05) is 12.1 Å². The van der Waals surface area contributed by atoms with Crippen LogP contribution in [0.25, 0.3) is 0 Å². The van der Waals surface area contributed by atoms with E-state index in [0.717, 1.165) is 22.6 Å². The van der Waals surface area contributed by atoms with Crippen LogP contribution in [0.1, 0.15) is 24.1 Å². The second-order valence-electron chi connectivity index (χ2n) is 4.95. The molecule has 0 heterocycles. The van der Waals surface area contributed by atoms with Crippen molar-refractivity contribution in [2.45, 2.75) is 19.9 Å². The van der Waals surface area contributed by atoms with Gasteiger partial charge in [0.15, 0.2) is 0 Å². The van der Waals surface area contributed by atoms with E-state index in [0.29, 0.717) is 0 Å². The summed E-state index contributed by atoms with van der Waals surface area (Å²) < 4.78 is 5.13. The first kappa shape index (κ1) is 14.8. The van der Waals surface area contributed by atoms with Crippen molar-refractivity contribution in [2.24, 2.45) is 0 Å². The van der Waals surface area contributed by atoms with E-state index >= 15 is 0 Å². The van der Waals surface area contributed by atoms with Gasteiger partial charge in [0.1, 0.15) is 5.75 Å². The molecule has 0 aromatic heterocycles. The number of nitrogens with one attached hydrogen (secondary N) is 1. The van der Waals surface area contributed by atoms with E-state index in [1.165, 1.54) is 0 Å². The van der Waals surface area contributed by atoms with E-state index in [1.54, 1.807) is 19.2 Å². The van der Waals surface area contributed by atoms with Gasteiger partial charge in [-0.3, -0.25) is 10.1 Å². The molecule has 0 saturated heterocycles. The van der Waals surface area contributed by atoms with E-state index < -0.39 is 0 Å². The Morgan fingerprint density at radius 2 is 1.86 bits per heavy atom. The summed E-state index contributed by atoms with van der Waals surface area (Å²) in [6.07, 6.45) is 0. The molecule has 1 unspecified atom stereocenters. The molecule has 2 aromatic rings. The van der Waals surface area contributed by atoms with Crippen LogP contribution in [0.4, 0.5) is 11.4 Å². The van der Waals surface area contributed by atoms with Crippen molar-refractivity contribution in [3.05, 3.63) is 63.7 Å². The highest BCUT2D eigenvalue weighted by molar-refractivity contribution is 5.55. The third kappa shape index (κ3) is 3.72. The van der Waals surface area contributed by atoms with Gasteiger partial charge in [0.2, 0.25) is 0 Å². The Hall–Kier alpha value is -2.56. The number of non-ortho nitro benzene ring substituents is 1. The fourth-order valence-corrected chi connectivity index (χ4v) is 2.18. The summed E-state index contributed by atoms with van der Waals surface area (Å²) in [5.41, 5.74) is 2.78. The normalized spacial score (nSPS) is 11.8. The van der Waals surface area contributed by atoms with E-state index in [2.05, 4.69) is 5.32 Å². The number of aryl methyl sites for hydroxylation is 1. The highest BCUT2D eigenvalue weighted by Gasteiger charge is 2.11. The van der Waals surface area contributed by atoms with Crippen molar-refractivity contribution in [3.63, 3.8) is 0 Å². The van der Waals surface area contributed by atoms with Crippen molar-refractivity contribution in [2.75, 3.05) is 12.4 Å². The minimum Gasteiger partial charge on any atom is -0.497 e. The second-order valence-corrected chi connectivity index (χ2v) is 4.95. The van der Waals surface area contributed by atoms with Gasteiger partial charge >= 0.3 is 0 Å². The van der Waals surface area contributed by atoms with Crippen molar-refractivity contribution in [1.29, 1.82) is 0 Å². The van der Waals surface area contributed by atoms with Crippen LogP contribution in [0.5, 0.6) is 5.75 Å². The van der Waals surface area contributed by atoms with E-state index in [4.69, 9.17) is 4.74 Å². The highest BCUT2D eigenvalue weighted by atomic mass is 16.6. The molecule has 21 heavy (non-hydrogen) atoms. The lowest BCUT2D eigenvalue weighted by atomic mass is 10.1. The Morgan fingerprint density at radius 3 is 2.43 bits per heavy atom. The summed E-state index contributed by atoms with van der Waals surface area (Å²) in [6, 6.07) is 12.8. The van der Waals surface area contributed by atoms with Gasteiger partial charge in [-0.2, -0.15) is 0 Å².